The van der Waals surface area contributed by atoms with E-state index in [1.54, 1.807) is 0 Å². The van der Waals surface area contributed by atoms with Crippen LogP contribution in [0.15, 0.2) is 0 Å². The Balaban J connectivity index is 3.13. The van der Waals surface area contributed by atoms with Gasteiger partial charge in [-0.15, -0.1) is 0 Å². The maximum atomic E-state index is 9.17. The van der Waals surface area contributed by atoms with Crippen molar-refractivity contribution in [3.63, 3.8) is 0 Å². The van der Waals surface area contributed by atoms with Crippen LogP contribution in [-0.4, -0.2) is 30.3 Å². The average Bonchev–Trinajstić information content (AvgIpc) is 2.04. The van der Waals surface area contributed by atoms with Gasteiger partial charge >= 0.3 is 0 Å². The van der Waals surface area contributed by atoms with Crippen LogP contribution in [0, 0.1) is 0 Å². The number of nitrogens with one attached hydrogen (secondary N) is 1. The lowest BCUT2D eigenvalue weighted by Gasteiger charge is -2.12. The molecule has 0 aromatic heterocycles. The minimum atomic E-state index is -0.160. The first-order valence-corrected chi connectivity index (χ1v) is 4.32. The monoisotopic (exact) mass is 160 g/mol. The zero-order valence-electron chi connectivity index (χ0n) is 7.51. The minimum Gasteiger partial charge on any atom is -0.393 e. The van der Waals surface area contributed by atoms with Gasteiger partial charge in [0.05, 0.1) is 6.10 Å². The van der Waals surface area contributed by atoms with E-state index in [-0.39, 0.29) is 6.10 Å². The van der Waals surface area contributed by atoms with Crippen LogP contribution in [0.2, 0.25) is 0 Å². The molecule has 0 bridgehead atoms. The summed E-state index contributed by atoms with van der Waals surface area (Å²) >= 11 is 0. The van der Waals surface area contributed by atoms with Gasteiger partial charge < -0.3 is 16.2 Å². The highest BCUT2D eigenvalue weighted by atomic mass is 16.3. The summed E-state index contributed by atoms with van der Waals surface area (Å²) in [6, 6.07) is 0.360. The van der Waals surface area contributed by atoms with E-state index in [1.807, 2.05) is 13.8 Å². The normalized spacial score (nSPS) is 16.4. The van der Waals surface area contributed by atoms with E-state index >= 15 is 0 Å². The molecule has 68 valence electrons. The Kier molecular flexibility index (Phi) is 6.51. The van der Waals surface area contributed by atoms with Crippen molar-refractivity contribution in [2.75, 3.05) is 13.1 Å². The van der Waals surface area contributed by atoms with E-state index in [4.69, 9.17) is 5.73 Å². The zero-order valence-corrected chi connectivity index (χ0v) is 7.51. The molecule has 11 heavy (non-hydrogen) atoms. The number of hydrogen-bond acceptors (Lipinski definition) is 3. The van der Waals surface area contributed by atoms with Crippen molar-refractivity contribution in [1.29, 1.82) is 0 Å². The van der Waals surface area contributed by atoms with Gasteiger partial charge in [-0.3, -0.25) is 0 Å². The van der Waals surface area contributed by atoms with Crippen LogP contribution >= 0.6 is 0 Å². The molecular formula is C8H20N2O. The quantitative estimate of drug-likeness (QED) is 0.516. The molecule has 0 aliphatic heterocycles. The van der Waals surface area contributed by atoms with Crippen LogP contribution in [0.5, 0.6) is 0 Å². The first-order chi connectivity index (χ1) is 5.20. The van der Waals surface area contributed by atoms with Gasteiger partial charge in [0.2, 0.25) is 0 Å². The van der Waals surface area contributed by atoms with Crippen molar-refractivity contribution in [2.24, 2.45) is 5.73 Å². The van der Waals surface area contributed by atoms with Crippen LogP contribution in [0.1, 0.15) is 26.7 Å². The number of aliphatic hydroxyl groups is 1. The molecule has 0 saturated carbocycles. The summed E-state index contributed by atoms with van der Waals surface area (Å²) in [5.41, 5.74) is 5.40. The van der Waals surface area contributed by atoms with E-state index in [1.165, 1.54) is 0 Å². The summed E-state index contributed by atoms with van der Waals surface area (Å²) in [6.45, 7) is 5.53. The lowest BCUT2D eigenvalue weighted by atomic mass is 10.2. The lowest BCUT2D eigenvalue weighted by Crippen LogP contribution is -2.34. The molecule has 0 aliphatic rings. The van der Waals surface area contributed by atoms with Crippen LogP contribution in [-0.2, 0) is 0 Å². The molecule has 0 amide bonds. The Morgan fingerprint density at radius 1 is 1.55 bits per heavy atom. The van der Waals surface area contributed by atoms with Crippen molar-refractivity contribution in [3.8, 4) is 0 Å². The predicted octanol–water partition coefficient (Wildman–Crippen LogP) is 0.0842. The van der Waals surface area contributed by atoms with E-state index in [0.29, 0.717) is 12.6 Å². The van der Waals surface area contributed by atoms with Gasteiger partial charge in [0.15, 0.2) is 0 Å². The predicted molar refractivity (Wildman–Crippen MR) is 47.4 cm³/mol. The fourth-order valence-electron chi connectivity index (χ4n) is 0.784. The molecule has 2 atom stereocenters. The zero-order chi connectivity index (χ0) is 8.69. The van der Waals surface area contributed by atoms with Gasteiger partial charge in [0, 0.05) is 12.6 Å². The van der Waals surface area contributed by atoms with Crippen molar-refractivity contribution in [3.05, 3.63) is 0 Å². The fourth-order valence-corrected chi connectivity index (χ4v) is 0.784. The highest BCUT2D eigenvalue weighted by Crippen LogP contribution is 1.94. The molecule has 3 heteroatoms. The van der Waals surface area contributed by atoms with Crippen molar-refractivity contribution in [1.82, 2.24) is 5.32 Å². The van der Waals surface area contributed by atoms with Gasteiger partial charge in [-0.25, -0.2) is 0 Å². The van der Waals surface area contributed by atoms with Crippen LogP contribution in [0.4, 0.5) is 0 Å². The summed E-state index contributed by atoms with van der Waals surface area (Å²) in [5.74, 6) is 0. The smallest absolute Gasteiger partial charge is 0.0549 e. The number of nitrogens with two attached hydrogens (primary N) is 1. The third-order valence-electron chi connectivity index (χ3n) is 1.80. The lowest BCUT2D eigenvalue weighted by molar-refractivity contribution is 0.159. The van der Waals surface area contributed by atoms with Crippen molar-refractivity contribution >= 4 is 0 Å². The van der Waals surface area contributed by atoms with E-state index in [9.17, 15) is 5.11 Å². The maximum Gasteiger partial charge on any atom is 0.0549 e. The molecule has 3 nitrogen and oxygen atoms in total. The third-order valence-corrected chi connectivity index (χ3v) is 1.80. The highest BCUT2D eigenvalue weighted by molar-refractivity contribution is 4.62. The second-order valence-corrected chi connectivity index (χ2v) is 2.94. The molecular weight excluding hydrogens is 140 g/mol. The van der Waals surface area contributed by atoms with Gasteiger partial charge in [-0.2, -0.15) is 0 Å². The molecule has 2 unspecified atom stereocenters. The Labute approximate surface area is 69.0 Å². The van der Waals surface area contributed by atoms with Crippen molar-refractivity contribution in [2.45, 2.75) is 38.8 Å². The minimum absolute atomic E-state index is 0.160. The van der Waals surface area contributed by atoms with Gasteiger partial charge in [0.25, 0.3) is 0 Å². The molecule has 4 N–H and O–H groups in total. The Bertz CT molecular complexity index is 78.2. The SMILES string of the molecule is CCC(O)CCNC(C)CN. The summed E-state index contributed by atoms with van der Waals surface area (Å²) < 4.78 is 0. The van der Waals surface area contributed by atoms with Crippen LogP contribution in [0.25, 0.3) is 0 Å². The van der Waals surface area contributed by atoms with Crippen LogP contribution in [0.3, 0.4) is 0 Å². The van der Waals surface area contributed by atoms with E-state index in [2.05, 4.69) is 5.32 Å². The summed E-state index contributed by atoms with van der Waals surface area (Å²) in [7, 11) is 0. The maximum absolute atomic E-state index is 9.17. The van der Waals surface area contributed by atoms with Gasteiger partial charge in [-0.05, 0) is 26.3 Å². The van der Waals surface area contributed by atoms with Crippen LogP contribution < -0.4 is 11.1 Å². The summed E-state index contributed by atoms with van der Waals surface area (Å²) in [4.78, 5) is 0. The van der Waals surface area contributed by atoms with E-state index in [0.717, 1.165) is 19.4 Å². The molecule has 0 aromatic carbocycles. The molecule has 0 radical (unpaired) electrons. The molecule has 0 fully saturated rings. The Morgan fingerprint density at radius 3 is 2.64 bits per heavy atom. The van der Waals surface area contributed by atoms with Gasteiger partial charge in [0.1, 0.15) is 0 Å². The molecule has 0 aliphatic carbocycles. The van der Waals surface area contributed by atoms with E-state index < -0.39 is 0 Å². The summed E-state index contributed by atoms with van der Waals surface area (Å²) in [5, 5.41) is 12.4. The molecule has 0 spiro atoms. The Morgan fingerprint density at radius 2 is 2.18 bits per heavy atom. The topological polar surface area (TPSA) is 58.3 Å². The molecule has 0 heterocycles. The third kappa shape index (κ3) is 6.28. The molecule has 0 aromatic rings. The standard InChI is InChI=1S/C8H20N2O/c1-3-8(11)4-5-10-7(2)6-9/h7-8,10-11H,3-6,9H2,1-2H3. The number of rotatable bonds is 6. The number of aliphatic hydroxyl groups excluding tert-OH is 1. The molecule has 0 saturated heterocycles. The Hall–Kier alpha value is -0.120. The molecule has 0 rings (SSSR count). The summed E-state index contributed by atoms with van der Waals surface area (Å²) in [6.07, 6.45) is 1.49. The second kappa shape index (κ2) is 6.58. The largest absolute Gasteiger partial charge is 0.393 e. The fraction of sp³-hybridized carbons (Fsp3) is 1.00. The van der Waals surface area contributed by atoms with Gasteiger partial charge in [-0.1, -0.05) is 6.92 Å². The number of hydrogen-bond donors (Lipinski definition) is 3. The first kappa shape index (κ1) is 10.9. The highest BCUT2D eigenvalue weighted by Gasteiger charge is 2.01. The van der Waals surface area contributed by atoms with Crippen molar-refractivity contribution < 1.29 is 5.11 Å². The average molecular weight is 160 g/mol. The first-order valence-electron chi connectivity index (χ1n) is 4.32. The second-order valence-electron chi connectivity index (χ2n) is 2.94.